The van der Waals surface area contributed by atoms with Crippen LogP contribution in [-0.4, -0.2) is 77.6 Å². The van der Waals surface area contributed by atoms with Crippen molar-refractivity contribution in [2.45, 2.75) is 25.3 Å². The van der Waals surface area contributed by atoms with Crippen LogP contribution in [0.3, 0.4) is 0 Å². The van der Waals surface area contributed by atoms with Gasteiger partial charge in [0.15, 0.2) is 0 Å². The van der Waals surface area contributed by atoms with Gasteiger partial charge in [0.1, 0.15) is 11.6 Å². The van der Waals surface area contributed by atoms with Crippen LogP contribution in [0.25, 0.3) is 16.6 Å². The molecule has 3 aromatic heterocycles. The van der Waals surface area contributed by atoms with Crippen LogP contribution in [0.1, 0.15) is 19.8 Å². The maximum absolute atomic E-state index is 6.76. The number of hydrogen-bond donors (Lipinski definition) is 1. The van der Waals surface area contributed by atoms with Crippen LogP contribution in [0, 0.1) is 0 Å². The lowest BCUT2D eigenvalue weighted by Crippen LogP contribution is -2.58. The van der Waals surface area contributed by atoms with E-state index in [1.165, 1.54) is 0 Å². The van der Waals surface area contributed by atoms with Gasteiger partial charge in [0.2, 0.25) is 0 Å². The second-order valence-corrected chi connectivity index (χ2v) is 8.83. The summed E-state index contributed by atoms with van der Waals surface area (Å²) in [6, 6.07) is 8.32. The van der Waals surface area contributed by atoms with Crippen molar-refractivity contribution in [3.8, 4) is 16.9 Å². The first-order chi connectivity index (χ1) is 15.6. The number of aromatic nitrogens is 3. The second kappa shape index (κ2) is 9.05. The molecule has 8 nitrogen and oxygen atoms in total. The maximum atomic E-state index is 6.76. The number of rotatable bonds is 6. The van der Waals surface area contributed by atoms with Crippen LogP contribution in [0.5, 0.6) is 5.75 Å². The molecule has 0 aromatic carbocycles. The minimum Gasteiger partial charge on any atom is -0.492 e. The van der Waals surface area contributed by atoms with E-state index in [2.05, 4.69) is 33.1 Å². The number of pyridine rings is 2. The molecule has 0 radical (unpaired) electrons. The van der Waals surface area contributed by atoms with Gasteiger partial charge in [-0.25, -0.2) is 9.50 Å². The van der Waals surface area contributed by atoms with E-state index in [4.69, 9.17) is 20.2 Å². The Bertz CT molecular complexity index is 1040. The number of ether oxygens (including phenoxy) is 2. The van der Waals surface area contributed by atoms with Gasteiger partial charge in [-0.2, -0.15) is 5.10 Å². The molecular formula is C24H32N6O2. The van der Waals surface area contributed by atoms with Crippen molar-refractivity contribution in [2.24, 2.45) is 5.73 Å². The van der Waals surface area contributed by atoms with Gasteiger partial charge in [0.25, 0.3) is 0 Å². The highest BCUT2D eigenvalue weighted by Gasteiger charge is 2.33. The summed E-state index contributed by atoms with van der Waals surface area (Å²) < 4.78 is 13.0. The molecule has 0 atom stereocenters. The smallest absolute Gasteiger partial charge is 0.138 e. The zero-order chi connectivity index (χ0) is 22.0. The van der Waals surface area contributed by atoms with E-state index >= 15 is 0 Å². The average Bonchev–Trinajstić information content (AvgIpc) is 3.29. The summed E-state index contributed by atoms with van der Waals surface area (Å²) >= 11 is 0. The predicted molar refractivity (Wildman–Crippen MR) is 125 cm³/mol. The highest BCUT2D eigenvalue weighted by Crippen LogP contribution is 2.30. The van der Waals surface area contributed by atoms with Crippen molar-refractivity contribution in [1.82, 2.24) is 19.5 Å². The van der Waals surface area contributed by atoms with Crippen molar-refractivity contribution < 1.29 is 9.47 Å². The molecular weight excluding hydrogens is 404 g/mol. The topological polar surface area (TPSA) is 81.2 Å². The van der Waals surface area contributed by atoms with Crippen LogP contribution in [0.2, 0.25) is 0 Å². The van der Waals surface area contributed by atoms with Crippen molar-refractivity contribution >= 4 is 11.3 Å². The lowest BCUT2D eigenvalue weighted by molar-refractivity contribution is 0.0250. The van der Waals surface area contributed by atoms with Crippen molar-refractivity contribution in [3.63, 3.8) is 0 Å². The number of nitrogens with zero attached hydrogens (tertiary/aromatic N) is 5. The standard InChI is InChI=1S/C24H32N6O2/c1-2-32-20-15-21(22-5-8-27-30(22)17-20)19-3-4-23(26-16-19)29-9-6-24(25,7-10-29)18-28-11-13-31-14-12-28/h3-5,8,15-17H,2,6-7,9-14,18,25H2,1H3. The van der Waals surface area contributed by atoms with E-state index in [1.807, 2.05) is 29.9 Å². The monoisotopic (exact) mass is 436 g/mol. The molecule has 0 amide bonds. The lowest BCUT2D eigenvalue weighted by atomic mass is 9.88. The molecule has 2 fully saturated rings. The minimum absolute atomic E-state index is 0.124. The summed E-state index contributed by atoms with van der Waals surface area (Å²) in [6.45, 7) is 9.02. The first kappa shape index (κ1) is 21.2. The quantitative estimate of drug-likeness (QED) is 0.636. The largest absolute Gasteiger partial charge is 0.492 e. The van der Waals surface area contributed by atoms with Crippen LogP contribution in [-0.2, 0) is 4.74 Å². The van der Waals surface area contributed by atoms with E-state index < -0.39 is 0 Å². The fourth-order valence-corrected chi connectivity index (χ4v) is 4.76. The first-order valence-electron chi connectivity index (χ1n) is 11.5. The van der Waals surface area contributed by atoms with Gasteiger partial charge in [-0.1, -0.05) is 0 Å². The Morgan fingerprint density at radius 1 is 1.12 bits per heavy atom. The van der Waals surface area contributed by atoms with Crippen molar-refractivity contribution in [1.29, 1.82) is 0 Å². The summed E-state index contributed by atoms with van der Waals surface area (Å²) in [7, 11) is 0. The van der Waals surface area contributed by atoms with Gasteiger partial charge in [0, 0.05) is 55.6 Å². The van der Waals surface area contributed by atoms with E-state index in [-0.39, 0.29) is 5.54 Å². The Labute approximate surface area is 188 Å². The van der Waals surface area contributed by atoms with Crippen molar-refractivity contribution in [2.75, 3.05) is 57.4 Å². The van der Waals surface area contributed by atoms with Crippen LogP contribution in [0.4, 0.5) is 5.82 Å². The zero-order valence-electron chi connectivity index (χ0n) is 18.7. The molecule has 2 aliphatic rings. The molecule has 2 aliphatic heterocycles. The lowest BCUT2D eigenvalue weighted by Gasteiger charge is -2.43. The summed E-state index contributed by atoms with van der Waals surface area (Å²) in [6.07, 6.45) is 7.61. The third-order valence-electron chi connectivity index (χ3n) is 6.58. The van der Waals surface area contributed by atoms with E-state index in [9.17, 15) is 0 Å². The molecule has 2 N–H and O–H groups in total. The van der Waals surface area contributed by atoms with Gasteiger partial charge in [-0.05, 0) is 44.0 Å². The zero-order valence-corrected chi connectivity index (χ0v) is 18.7. The molecule has 170 valence electrons. The fraction of sp³-hybridized carbons (Fsp3) is 0.500. The summed E-state index contributed by atoms with van der Waals surface area (Å²) in [4.78, 5) is 9.59. The Balaban J connectivity index is 1.28. The van der Waals surface area contributed by atoms with Crippen LogP contribution >= 0.6 is 0 Å². The molecule has 0 unspecified atom stereocenters. The fourth-order valence-electron chi connectivity index (χ4n) is 4.76. The molecule has 32 heavy (non-hydrogen) atoms. The highest BCUT2D eigenvalue weighted by atomic mass is 16.5. The van der Waals surface area contributed by atoms with Crippen LogP contribution in [0.15, 0.2) is 42.9 Å². The number of fused-ring (bicyclic) bond motifs is 1. The highest BCUT2D eigenvalue weighted by molar-refractivity contribution is 5.81. The first-order valence-corrected chi connectivity index (χ1v) is 11.5. The van der Waals surface area contributed by atoms with E-state index in [0.29, 0.717) is 6.61 Å². The van der Waals surface area contributed by atoms with Gasteiger partial charge >= 0.3 is 0 Å². The van der Waals surface area contributed by atoms with E-state index in [1.54, 1.807) is 6.20 Å². The van der Waals surface area contributed by atoms with Gasteiger partial charge in [0.05, 0.1) is 37.7 Å². The third kappa shape index (κ3) is 4.44. The number of morpholine rings is 1. The number of nitrogens with two attached hydrogens (primary N) is 1. The number of hydrogen-bond acceptors (Lipinski definition) is 7. The Kier molecular flexibility index (Phi) is 5.99. The molecule has 2 saturated heterocycles. The molecule has 0 aliphatic carbocycles. The molecule has 3 aromatic rings. The molecule has 5 heterocycles. The van der Waals surface area contributed by atoms with Gasteiger partial charge in [-0.3, -0.25) is 4.90 Å². The molecule has 0 saturated carbocycles. The Morgan fingerprint density at radius 2 is 1.94 bits per heavy atom. The molecule has 0 spiro atoms. The van der Waals surface area contributed by atoms with Crippen molar-refractivity contribution in [3.05, 3.63) is 42.9 Å². The predicted octanol–water partition coefficient (Wildman–Crippen LogP) is 2.42. The van der Waals surface area contributed by atoms with Gasteiger partial charge < -0.3 is 20.1 Å². The normalized spacial score (nSPS) is 19.4. The maximum Gasteiger partial charge on any atom is 0.138 e. The second-order valence-electron chi connectivity index (χ2n) is 8.83. The van der Waals surface area contributed by atoms with E-state index in [0.717, 1.165) is 87.0 Å². The molecule has 8 heteroatoms. The van der Waals surface area contributed by atoms with Crippen LogP contribution < -0.4 is 15.4 Å². The Hall–Kier alpha value is -2.68. The average molecular weight is 437 g/mol. The van der Waals surface area contributed by atoms with Gasteiger partial charge in [-0.15, -0.1) is 0 Å². The summed E-state index contributed by atoms with van der Waals surface area (Å²) in [5.74, 6) is 1.81. The minimum atomic E-state index is -0.124. The number of piperidine rings is 1. The summed E-state index contributed by atoms with van der Waals surface area (Å²) in [5.41, 5.74) is 9.80. The Morgan fingerprint density at radius 3 is 2.66 bits per heavy atom. The summed E-state index contributed by atoms with van der Waals surface area (Å²) in [5, 5.41) is 4.38. The number of anilines is 1. The third-order valence-corrected chi connectivity index (χ3v) is 6.58. The molecule has 5 rings (SSSR count). The SMILES string of the molecule is CCOc1cc(-c2ccc(N3CCC(N)(CN4CCOCC4)CC3)nc2)c2ccnn2c1. The molecule has 0 bridgehead atoms.